The first-order valence-corrected chi connectivity index (χ1v) is 7.02. The molecule has 1 aromatic carbocycles. The van der Waals surface area contributed by atoms with Crippen LogP contribution in [0, 0.1) is 12.8 Å². The van der Waals surface area contributed by atoms with Crippen molar-refractivity contribution in [3.63, 3.8) is 0 Å². The van der Waals surface area contributed by atoms with Crippen molar-refractivity contribution in [1.29, 1.82) is 0 Å². The van der Waals surface area contributed by atoms with Crippen LogP contribution in [0.25, 0.3) is 11.0 Å². The summed E-state index contributed by atoms with van der Waals surface area (Å²) in [6.45, 7) is 6.56. The van der Waals surface area contributed by atoms with Crippen LogP contribution in [0.1, 0.15) is 36.4 Å². The van der Waals surface area contributed by atoms with Crippen LogP contribution in [-0.2, 0) is 0 Å². The number of benzene rings is 1. The molecule has 0 saturated heterocycles. The Bertz CT molecular complexity index is 607. The standard InChI is InChI=1S/C16H22N2O2.ClH/c1-10(2)8-12(9-17)18-16(19)15-11(3)13-6-4-5-7-14(13)20-15;/h4-7,10,12H,8-9,17H2,1-3H3,(H,18,19);1H. The quantitative estimate of drug-likeness (QED) is 0.890. The maximum Gasteiger partial charge on any atom is 0.287 e. The van der Waals surface area contributed by atoms with Crippen molar-refractivity contribution in [2.45, 2.75) is 33.2 Å². The zero-order valence-corrected chi connectivity index (χ0v) is 13.5. The molecule has 3 N–H and O–H groups in total. The van der Waals surface area contributed by atoms with E-state index in [2.05, 4.69) is 19.2 Å². The number of furan rings is 1. The molecule has 0 aliphatic carbocycles. The third-order valence-electron chi connectivity index (χ3n) is 3.43. The molecule has 0 aliphatic rings. The Labute approximate surface area is 131 Å². The number of amides is 1. The highest BCUT2D eigenvalue weighted by molar-refractivity contribution is 5.99. The van der Waals surface area contributed by atoms with E-state index in [1.807, 2.05) is 31.2 Å². The molecule has 1 aromatic heterocycles. The molecule has 2 aromatic rings. The second-order valence-electron chi connectivity index (χ2n) is 5.59. The number of para-hydroxylation sites is 1. The Hall–Kier alpha value is -1.52. The summed E-state index contributed by atoms with van der Waals surface area (Å²) in [5, 5.41) is 3.94. The number of nitrogens with two attached hydrogens (primary N) is 1. The van der Waals surface area contributed by atoms with Crippen LogP contribution in [0.15, 0.2) is 28.7 Å². The molecule has 1 unspecified atom stereocenters. The van der Waals surface area contributed by atoms with Crippen molar-refractivity contribution >= 4 is 29.3 Å². The van der Waals surface area contributed by atoms with Gasteiger partial charge < -0.3 is 15.5 Å². The van der Waals surface area contributed by atoms with Gasteiger partial charge in [0, 0.05) is 23.5 Å². The van der Waals surface area contributed by atoms with Crippen LogP contribution in [0.4, 0.5) is 0 Å². The number of nitrogens with one attached hydrogen (secondary N) is 1. The highest BCUT2D eigenvalue weighted by Crippen LogP contribution is 2.24. The summed E-state index contributed by atoms with van der Waals surface area (Å²) in [5.74, 6) is 0.684. The Morgan fingerprint density at radius 3 is 2.57 bits per heavy atom. The molecule has 4 nitrogen and oxygen atoms in total. The van der Waals surface area contributed by atoms with Crippen LogP contribution >= 0.6 is 12.4 Å². The molecule has 0 aliphatic heterocycles. The summed E-state index contributed by atoms with van der Waals surface area (Å²) in [5.41, 5.74) is 7.33. The lowest BCUT2D eigenvalue weighted by Gasteiger charge is -2.18. The van der Waals surface area contributed by atoms with Crippen molar-refractivity contribution in [1.82, 2.24) is 5.32 Å². The average Bonchev–Trinajstić information content (AvgIpc) is 2.75. The van der Waals surface area contributed by atoms with Crippen molar-refractivity contribution in [3.05, 3.63) is 35.6 Å². The molecule has 1 amide bonds. The normalized spacial score (nSPS) is 12.2. The molecule has 2 rings (SSSR count). The summed E-state index contributed by atoms with van der Waals surface area (Å²) in [7, 11) is 0. The van der Waals surface area contributed by atoms with Crippen LogP contribution < -0.4 is 11.1 Å². The van der Waals surface area contributed by atoms with Crippen LogP contribution in [-0.4, -0.2) is 18.5 Å². The molecular formula is C16H23ClN2O2. The summed E-state index contributed by atoms with van der Waals surface area (Å²) in [6.07, 6.45) is 0.863. The summed E-state index contributed by atoms with van der Waals surface area (Å²) in [6, 6.07) is 7.64. The number of rotatable bonds is 5. The van der Waals surface area contributed by atoms with E-state index in [1.54, 1.807) is 0 Å². The molecule has 0 radical (unpaired) electrons. The van der Waals surface area contributed by atoms with Gasteiger partial charge in [0.05, 0.1) is 0 Å². The number of hydrogen-bond acceptors (Lipinski definition) is 3. The van der Waals surface area contributed by atoms with Crippen molar-refractivity contribution in [2.75, 3.05) is 6.54 Å². The molecular weight excluding hydrogens is 288 g/mol. The molecule has 0 fully saturated rings. The molecule has 0 saturated carbocycles. The third-order valence-corrected chi connectivity index (χ3v) is 3.43. The highest BCUT2D eigenvalue weighted by atomic mass is 35.5. The molecule has 5 heteroatoms. The highest BCUT2D eigenvalue weighted by Gasteiger charge is 2.20. The average molecular weight is 311 g/mol. The first-order valence-electron chi connectivity index (χ1n) is 7.02. The van der Waals surface area contributed by atoms with Gasteiger partial charge in [0.1, 0.15) is 5.58 Å². The summed E-state index contributed by atoms with van der Waals surface area (Å²) in [4.78, 5) is 12.3. The lowest BCUT2D eigenvalue weighted by Crippen LogP contribution is -2.41. The lowest BCUT2D eigenvalue weighted by molar-refractivity contribution is 0.0907. The largest absolute Gasteiger partial charge is 0.451 e. The summed E-state index contributed by atoms with van der Waals surface area (Å²) < 4.78 is 5.66. The fourth-order valence-electron chi connectivity index (χ4n) is 2.42. The van der Waals surface area contributed by atoms with Gasteiger partial charge in [0.25, 0.3) is 5.91 Å². The van der Waals surface area contributed by atoms with Crippen LogP contribution in [0.2, 0.25) is 0 Å². The van der Waals surface area contributed by atoms with Gasteiger partial charge in [0.15, 0.2) is 5.76 Å². The van der Waals surface area contributed by atoms with Gasteiger partial charge in [-0.1, -0.05) is 32.0 Å². The Morgan fingerprint density at radius 2 is 2.00 bits per heavy atom. The number of fused-ring (bicyclic) bond motifs is 1. The van der Waals surface area contributed by atoms with Gasteiger partial charge >= 0.3 is 0 Å². The van der Waals surface area contributed by atoms with Crippen LogP contribution in [0.3, 0.4) is 0 Å². The monoisotopic (exact) mass is 310 g/mol. The predicted molar refractivity (Wildman–Crippen MR) is 88.0 cm³/mol. The maximum atomic E-state index is 12.3. The Morgan fingerprint density at radius 1 is 1.33 bits per heavy atom. The van der Waals surface area contributed by atoms with Gasteiger partial charge in [-0.15, -0.1) is 12.4 Å². The molecule has 0 bridgehead atoms. The minimum Gasteiger partial charge on any atom is -0.451 e. The van der Waals surface area contributed by atoms with Gasteiger partial charge in [-0.2, -0.15) is 0 Å². The van der Waals surface area contributed by atoms with E-state index in [-0.39, 0.29) is 24.4 Å². The summed E-state index contributed by atoms with van der Waals surface area (Å²) >= 11 is 0. The topological polar surface area (TPSA) is 68.3 Å². The van der Waals surface area contributed by atoms with Gasteiger partial charge in [0.2, 0.25) is 0 Å². The number of aryl methyl sites for hydroxylation is 1. The zero-order valence-electron chi connectivity index (χ0n) is 12.7. The van der Waals surface area contributed by atoms with Crippen molar-refractivity contribution in [2.24, 2.45) is 11.7 Å². The first-order chi connectivity index (χ1) is 9.52. The SMILES string of the molecule is Cc1c(C(=O)NC(CN)CC(C)C)oc2ccccc12.Cl. The second kappa shape index (κ2) is 7.48. The molecule has 0 spiro atoms. The predicted octanol–water partition coefficient (Wildman–Crippen LogP) is 3.27. The number of carbonyl (C=O) groups is 1. The number of carbonyl (C=O) groups excluding carboxylic acids is 1. The van der Waals surface area contributed by atoms with Crippen molar-refractivity contribution in [3.8, 4) is 0 Å². The zero-order chi connectivity index (χ0) is 14.7. The molecule has 116 valence electrons. The van der Waals surface area contributed by atoms with E-state index >= 15 is 0 Å². The van der Waals surface area contributed by atoms with Gasteiger partial charge in [-0.3, -0.25) is 4.79 Å². The first kappa shape index (κ1) is 17.5. The lowest BCUT2D eigenvalue weighted by atomic mass is 10.0. The maximum absolute atomic E-state index is 12.3. The second-order valence-corrected chi connectivity index (χ2v) is 5.59. The molecule has 1 heterocycles. The fourth-order valence-corrected chi connectivity index (χ4v) is 2.42. The van der Waals surface area contributed by atoms with Gasteiger partial charge in [-0.05, 0) is 25.3 Å². The number of hydrogen-bond donors (Lipinski definition) is 2. The minimum atomic E-state index is -0.185. The van der Waals surface area contributed by atoms with Gasteiger partial charge in [-0.25, -0.2) is 0 Å². The molecule has 21 heavy (non-hydrogen) atoms. The van der Waals surface area contributed by atoms with E-state index in [9.17, 15) is 4.79 Å². The smallest absolute Gasteiger partial charge is 0.287 e. The van der Waals surface area contributed by atoms with Crippen molar-refractivity contribution < 1.29 is 9.21 Å². The van der Waals surface area contributed by atoms with E-state index in [1.165, 1.54) is 0 Å². The molecule has 1 atom stereocenters. The Balaban J connectivity index is 0.00000220. The van der Waals surface area contributed by atoms with E-state index < -0.39 is 0 Å². The van der Waals surface area contributed by atoms with Crippen LogP contribution in [0.5, 0.6) is 0 Å². The third kappa shape index (κ3) is 3.99. The van der Waals surface area contributed by atoms with E-state index in [4.69, 9.17) is 10.2 Å². The Kier molecular flexibility index (Phi) is 6.24. The number of halogens is 1. The fraction of sp³-hybridized carbons (Fsp3) is 0.438. The van der Waals surface area contributed by atoms with E-state index in [0.29, 0.717) is 18.2 Å². The minimum absolute atomic E-state index is 0. The van der Waals surface area contributed by atoms with E-state index in [0.717, 1.165) is 23.0 Å².